The van der Waals surface area contributed by atoms with Crippen molar-refractivity contribution in [2.75, 3.05) is 23.9 Å². The summed E-state index contributed by atoms with van der Waals surface area (Å²) in [6.45, 7) is 4.19. The van der Waals surface area contributed by atoms with Crippen LogP contribution in [0.3, 0.4) is 0 Å². The normalized spacial score (nSPS) is 17.3. The molecule has 3 aromatic carbocycles. The minimum absolute atomic E-state index is 0.00220. The molecule has 35 heavy (non-hydrogen) atoms. The molecule has 1 aliphatic heterocycles. The monoisotopic (exact) mass is 508 g/mol. The molecule has 1 aliphatic rings. The first-order chi connectivity index (χ1) is 16.6. The minimum Gasteiger partial charge on any atom is -0.507 e. The van der Waals surface area contributed by atoms with Crippen LogP contribution < -0.4 is 9.80 Å². The number of rotatable bonds is 5. The van der Waals surface area contributed by atoms with E-state index in [2.05, 4.69) is 13.8 Å². The number of carbonyl (C=O) groups excluding carboxylic acids is 2. The fourth-order valence-electron chi connectivity index (χ4n) is 4.19. The molecule has 1 N–H and O–H groups in total. The first-order valence-corrected chi connectivity index (χ1v) is 12.0. The number of halogens is 2. The molecule has 5 nitrogen and oxygen atoms in total. The molecule has 1 fully saturated rings. The highest BCUT2D eigenvalue weighted by atomic mass is 35.5. The van der Waals surface area contributed by atoms with Crippen LogP contribution >= 0.6 is 23.2 Å². The van der Waals surface area contributed by atoms with Gasteiger partial charge >= 0.3 is 0 Å². The Morgan fingerprint density at radius 1 is 0.914 bits per heavy atom. The van der Waals surface area contributed by atoms with Crippen LogP contribution in [-0.2, 0) is 9.59 Å². The standard InChI is InChI=1S/C28H26Cl2N2O3/c1-16(2)17-5-7-18(8-6-17)25-24(26(33)19-9-14-22(29)23(30)15-19)27(34)28(35)32(25)21-12-10-20(11-13-21)31(3)4/h5-16,25,33H,1-4H3/b26-24-. The van der Waals surface area contributed by atoms with Crippen molar-refractivity contribution in [2.24, 2.45) is 0 Å². The van der Waals surface area contributed by atoms with E-state index in [4.69, 9.17) is 23.2 Å². The van der Waals surface area contributed by atoms with E-state index in [9.17, 15) is 14.7 Å². The number of hydrogen-bond donors (Lipinski definition) is 1. The van der Waals surface area contributed by atoms with Crippen LogP contribution in [-0.4, -0.2) is 30.9 Å². The number of Topliss-reactive ketones (excluding diaryl/α,β-unsaturated/α-hetero) is 1. The Bertz CT molecular complexity index is 1310. The molecule has 1 unspecified atom stereocenters. The van der Waals surface area contributed by atoms with Crippen molar-refractivity contribution < 1.29 is 14.7 Å². The number of hydrogen-bond acceptors (Lipinski definition) is 4. The molecule has 0 spiro atoms. The Morgan fingerprint density at radius 3 is 2.09 bits per heavy atom. The number of nitrogens with zero attached hydrogens (tertiary/aromatic N) is 2. The second-order valence-corrected chi connectivity index (χ2v) is 9.84. The van der Waals surface area contributed by atoms with Crippen molar-refractivity contribution in [3.05, 3.63) is 99.0 Å². The van der Waals surface area contributed by atoms with Gasteiger partial charge in [-0.1, -0.05) is 61.3 Å². The highest BCUT2D eigenvalue weighted by Gasteiger charge is 2.47. The highest BCUT2D eigenvalue weighted by Crippen LogP contribution is 2.43. The lowest BCUT2D eigenvalue weighted by Gasteiger charge is -2.26. The quantitative estimate of drug-likeness (QED) is 0.233. The third kappa shape index (κ3) is 4.66. The average Bonchev–Trinajstić information content (AvgIpc) is 3.10. The van der Waals surface area contributed by atoms with Gasteiger partial charge in [0.1, 0.15) is 5.76 Å². The van der Waals surface area contributed by atoms with E-state index >= 15 is 0 Å². The molecule has 1 saturated heterocycles. The van der Waals surface area contributed by atoms with Crippen LogP contribution in [0.15, 0.2) is 72.3 Å². The number of amides is 1. The van der Waals surface area contributed by atoms with Crippen LogP contribution in [0.2, 0.25) is 10.0 Å². The summed E-state index contributed by atoms with van der Waals surface area (Å²) in [4.78, 5) is 30.0. The highest BCUT2D eigenvalue weighted by molar-refractivity contribution is 6.51. The van der Waals surface area contributed by atoms with Crippen molar-refractivity contribution >= 4 is 52.0 Å². The molecular formula is C28H26Cl2N2O3. The van der Waals surface area contributed by atoms with Crippen LogP contribution in [0.1, 0.15) is 42.5 Å². The van der Waals surface area contributed by atoms with Crippen molar-refractivity contribution in [1.29, 1.82) is 0 Å². The predicted molar refractivity (Wildman–Crippen MR) is 143 cm³/mol. The Balaban J connectivity index is 1.91. The molecule has 1 amide bonds. The summed E-state index contributed by atoms with van der Waals surface area (Å²) >= 11 is 12.2. The molecule has 0 aromatic heterocycles. The summed E-state index contributed by atoms with van der Waals surface area (Å²) in [6.07, 6.45) is 0. The van der Waals surface area contributed by atoms with Crippen molar-refractivity contribution in [3.8, 4) is 0 Å². The molecule has 3 aromatic rings. The lowest BCUT2D eigenvalue weighted by atomic mass is 9.93. The summed E-state index contributed by atoms with van der Waals surface area (Å²) in [5.41, 5.74) is 3.67. The predicted octanol–water partition coefficient (Wildman–Crippen LogP) is 6.81. The van der Waals surface area contributed by atoms with Gasteiger partial charge in [-0.05, 0) is 59.5 Å². The maximum absolute atomic E-state index is 13.3. The van der Waals surface area contributed by atoms with Gasteiger partial charge in [0.15, 0.2) is 0 Å². The maximum Gasteiger partial charge on any atom is 0.300 e. The molecule has 0 radical (unpaired) electrons. The number of ketones is 1. The number of aliphatic hydroxyl groups is 1. The van der Waals surface area contributed by atoms with Gasteiger partial charge < -0.3 is 10.0 Å². The lowest BCUT2D eigenvalue weighted by molar-refractivity contribution is -0.132. The first-order valence-electron chi connectivity index (χ1n) is 11.2. The topological polar surface area (TPSA) is 60.9 Å². The van der Waals surface area contributed by atoms with E-state index in [0.717, 1.165) is 11.3 Å². The number of carbonyl (C=O) groups is 2. The maximum atomic E-state index is 13.3. The van der Waals surface area contributed by atoms with E-state index in [1.54, 1.807) is 24.3 Å². The van der Waals surface area contributed by atoms with Crippen molar-refractivity contribution in [2.45, 2.75) is 25.8 Å². The van der Waals surface area contributed by atoms with E-state index in [1.807, 2.05) is 55.4 Å². The van der Waals surface area contributed by atoms with Gasteiger partial charge in [-0.2, -0.15) is 0 Å². The fourth-order valence-corrected chi connectivity index (χ4v) is 4.49. The molecule has 0 aliphatic carbocycles. The molecular weight excluding hydrogens is 483 g/mol. The summed E-state index contributed by atoms with van der Waals surface area (Å²) < 4.78 is 0. The van der Waals surface area contributed by atoms with E-state index in [1.165, 1.54) is 11.0 Å². The zero-order valence-corrected chi connectivity index (χ0v) is 21.4. The van der Waals surface area contributed by atoms with Gasteiger partial charge in [-0.25, -0.2) is 0 Å². The second kappa shape index (κ2) is 9.76. The Morgan fingerprint density at radius 2 is 1.54 bits per heavy atom. The van der Waals surface area contributed by atoms with Gasteiger partial charge in [0, 0.05) is 31.0 Å². The molecule has 180 valence electrons. The second-order valence-electron chi connectivity index (χ2n) is 9.03. The van der Waals surface area contributed by atoms with Gasteiger partial charge in [0.05, 0.1) is 21.7 Å². The number of benzene rings is 3. The molecule has 0 saturated carbocycles. The van der Waals surface area contributed by atoms with E-state index in [-0.39, 0.29) is 16.4 Å². The van der Waals surface area contributed by atoms with Crippen LogP contribution in [0.4, 0.5) is 11.4 Å². The summed E-state index contributed by atoms with van der Waals surface area (Å²) in [7, 11) is 3.85. The van der Waals surface area contributed by atoms with Gasteiger partial charge in [-0.3, -0.25) is 14.5 Å². The molecule has 1 heterocycles. The Hall–Kier alpha value is -3.28. The largest absolute Gasteiger partial charge is 0.507 e. The molecule has 1 atom stereocenters. The van der Waals surface area contributed by atoms with Crippen molar-refractivity contribution in [1.82, 2.24) is 0 Å². The minimum atomic E-state index is -0.809. The lowest BCUT2D eigenvalue weighted by Crippen LogP contribution is -2.29. The summed E-state index contributed by atoms with van der Waals surface area (Å²) in [6, 6.07) is 18.9. The zero-order chi connectivity index (χ0) is 25.4. The summed E-state index contributed by atoms with van der Waals surface area (Å²) in [5.74, 6) is -1.44. The fraction of sp³-hybridized carbons (Fsp3) is 0.214. The van der Waals surface area contributed by atoms with Crippen molar-refractivity contribution in [3.63, 3.8) is 0 Å². The molecule has 4 rings (SSSR count). The third-order valence-electron chi connectivity index (χ3n) is 6.20. The smallest absolute Gasteiger partial charge is 0.300 e. The van der Waals surface area contributed by atoms with Crippen LogP contribution in [0, 0.1) is 0 Å². The van der Waals surface area contributed by atoms with Crippen LogP contribution in [0.25, 0.3) is 5.76 Å². The third-order valence-corrected chi connectivity index (χ3v) is 6.94. The zero-order valence-electron chi connectivity index (χ0n) is 19.9. The SMILES string of the molecule is CC(C)c1ccc(C2/C(=C(/O)c3ccc(Cl)c(Cl)c3)C(=O)C(=O)N2c2ccc(N(C)C)cc2)cc1. The average molecular weight is 509 g/mol. The number of anilines is 2. The summed E-state index contributed by atoms with van der Waals surface area (Å²) in [5, 5.41) is 11.8. The first kappa shape index (κ1) is 24.8. The van der Waals surface area contributed by atoms with E-state index < -0.39 is 17.7 Å². The molecule has 0 bridgehead atoms. The van der Waals surface area contributed by atoms with Gasteiger partial charge in [0.2, 0.25) is 0 Å². The van der Waals surface area contributed by atoms with Gasteiger partial charge in [0.25, 0.3) is 11.7 Å². The van der Waals surface area contributed by atoms with E-state index in [0.29, 0.717) is 27.8 Å². The van der Waals surface area contributed by atoms with Gasteiger partial charge in [-0.15, -0.1) is 0 Å². The van der Waals surface area contributed by atoms with Crippen LogP contribution in [0.5, 0.6) is 0 Å². The molecule has 7 heteroatoms. The number of aliphatic hydroxyl groups excluding tert-OH is 1. The Labute approximate surface area is 215 Å². The Kier molecular flexibility index (Phi) is 6.93.